The summed E-state index contributed by atoms with van der Waals surface area (Å²) < 4.78 is 15.1. The van der Waals surface area contributed by atoms with E-state index >= 15 is 0 Å². The summed E-state index contributed by atoms with van der Waals surface area (Å²) in [7, 11) is 2.35. The van der Waals surface area contributed by atoms with Gasteiger partial charge in [-0.3, -0.25) is 9.69 Å². The molecule has 2 N–H and O–H groups in total. The molecule has 1 atom stereocenters. The van der Waals surface area contributed by atoms with Crippen LogP contribution >= 0.6 is 0 Å². The molecule has 0 fully saturated rings. The number of benzene rings is 2. The molecule has 2 aromatic rings. The van der Waals surface area contributed by atoms with Gasteiger partial charge in [-0.1, -0.05) is 48.5 Å². The highest BCUT2D eigenvalue weighted by molar-refractivity contribution is 6.06. The molecule has 0 amide bonds. The molecule has 0 saturated carbocycles. The first kappa shape index (κ1) is 25.1. The third-order valence-electron chi connectivity index (χ3n) is 5.48. The molecule has 0 saturated heterocycles. The largest absolute Gasteiger partial charge is 0.466 e. The van der Waals surface area contributed by atoms with Crippen LogP contribution in [-0.4, -0.2) is 38.7 Å². The first-order chi connectivity index (χ1) is 16.9. The van der Waals surface area contributed by atoms with E-state index in [1.807, 2.05) is 0 Å². The van der Waals surface area contributed by atoms with Crippen molar-refractivity contribution in [2.24, 2.45) is 5.73 Å². The Morgan fingerprint density at radius 2 is 1.63 bits per heavy atom. The molecule has 3 rings (SSSR count). The average Bonchev–Trinajstić information content (AvgIpc) is 2.88. The zero-order valence-corrected chi connectivity index (χ0v) is 19.6. The molecule has 1 aliphatic heterocycles. The summed E-state index contributed by atoms with van der Waals surface area (Å²) in [6, 6.07) is 17.5. The Kier molecular flexibility index (Phi) is 7.89. The number of allylic oxidation sites excluding steroid dienone is 1. The Hall–Kier alpha value is -4.58. The van der Waals surface area contributed by atoms with Crippen molar-refractivity contribution < 1.29 is 28.6 Å². The fraction of sp³-hybridized carbons (Fsp3) is 0.231. The molecule has 0 spiro atoms. The number of nitrogens with two attached hydrogens (primary N) is 1. The number of para-hydroxylation sites is 1. The van der Waals surface area contributed by atoms with Gasteiger partial charge < -0.3 is 19.9 Å². The van der Waals surface area contributed by atoms with Gasteiger partial charge >= 0.3 is 17.9 Å². The number of methoxy groups -OCH3 is 2. The second-order valence-corrected chi connectivity index (χ2v) is 7.45. The fourth-order valence-electron chi connectivity index (χ4n) is 4.01. The number of carbonyl (C=O) groups excluding carboxylic acids is 3. The Balaban J connectivity index is 2.37. The summed E-state index contributed by atoms with van der Waals surface area (Å²) in [5, 5.41) is 10.1. The van der Waals surface area contributed by atoms with Crippen molar-refractivity contribution in [2.45, 2.75) is 19.3 Å². The van der Waals surface area contributed by atoms with E-state index in [-0.39, 0.29) is 35.7 Å². The number of nitriles is 1. The molecule has 9 nitrogen and oxygen atoms in total. The van der Waals surface area contributed by atoms with E-state index in [1.54, 1.807) is 61.5 Å². The SMILES string of the molecule is CCOC(=O)Cc1ccccc1N1C(N)=C(C#N)C(c2ccccc2)C(C(=O)OC)=C1C(=O)OC. The summed E-state index contributed by atoms with van der Waals surface area (Å²) in [5.41, 5.74) is 7.58. The van der Waals surface area contributed by atoms with Crippen molar-refractivity contribution in [2.75, 3.05) is 25.7 Å². The lowest BCUT2D eigenvalue weighted by atomic mass is 9.80. The van der Waals surface area contributed by atoms with Crippen LogP contribution in [0.2, 0.25) is 0 Å². The highest BCUT2D eigenvalue weighted by Crippen LogP contribution is 2.43. The van der Waals surface area contributed by atoms with Crippen molar-refractivity contribution in [3.8, 4) is 6.07 Å². The van der Waals surface area contributed by atoms with Gasteiger partial charge in [-0.2, -0.15) is 5.26 Å². The minimum Gasteiger partial charge on any atom is -0.466 e. The number of hydrogen-bond acceptors (Lipinski definition) is 9. The minimum absolute atomic E-state index is 0.0372. The van der Waals surface area contributed by atoms with Crippen LogP contribution in [0.5, 0.6) is 0 Å². The summed E-state index contributed by atoms with van der Waals surface area (Å²) in [5.74, 6) is -3.23. The van der Waals surface area contributed by atoms with E-state index in [4.69, 9.17) is 19.9 Å². The van der Waals surface area contributed by atoms with Crippen LogP contribution in [0.3, 0.4) is 0 Å². The number of nitrogens with zero attached hydrogens (tertiary/aromatic N) is 2. The number of carbonyl (C=O) groups is 3. The monoisotopic (exact) mass is 475 g/mol. The lowest BCUT2D eigenvalue weighted by molar-refractivity contribution is -0.142. The van der Waals surface area contributed by atoms with Gasteiger partial charge in [0.05, 0.1) is 56.1 Å². The van der Waals surface area contributed by atoms with Gasteiger partial charge in [0.25, 0.3) is 0 Å². The Bertz CT molecular complexity index is 1240. The summed E-state index contributed by atoms with van der Waals surface area (Å²) >= 11 is 0. The zero-order chi connectivity index (χ0) is 25.5. The maximum Gasteiger partial charge on any atom is 0.355 e. The molecule has 1 aliphatic rings. The molecule has 180 valence electrons. The van der Waals surface area contributed by atoms with Gasteiger partial charge in [-0.25, -0.2) is 9.59 Å². The molecule has 2 aromatic carbocycles. The molecular weight excluding hydrogens is 450 g/mol. The number of rotatable bonds is 7. The van der Waals surface area contributed by atoms with E-state index in [2.05, 4.69) is 6.07 Å². The number of hydrogen-bond donors (Lipinski definition) is 1. The van der Waals surface area contributed by atoms with Crippen molar-refractivity contribution in [1.29, 1.82) is 5.26 Å². The first-order valence-electron chi connectivity index (χ1n) is 10.8. The second-order valence-electron chi connectivity index (χ2n) is 7.45. The topological polar surface area (TPSA) is 132 Å². The molecule has 1 unspecified atom stereocenters. The third-order valence-corrected chi connectivity index (χ3v) is 5.48. The molecular formula is C26H25N3O6. The maximum absolute atomic E-state index is 13.2. The Morgan fingerprint density at radius 3 is 2.23 bits per heavy atom. The van der Waals surface area contributed by atoms with Crippen LogP contribution in [-0.2, 0) is 35.0 Å². The van der Waals surface area contributed by atoms with Gasteiger partial charge in [0.15, 0.2) is 0 Å². The van der Waals surface area contributed by atoms with E-state index < -0.39 is 23.8 Å². The van der Waals surface area contributed by atoms with Crippen LogP contribution in [0.25, 0.3) is 0 Å². The standard InChI is InChI=1S/C26H25N3O6/c1-4-35-20(30)14-17-12-8-9-13-19(17)29-23(26(32)34-3)22(25(31)33-2)21(18(15-27)24(29)28)16-10-6-5-7-11-16/h5-13,21H,4,14,28H2,1-3H3. The van der Waals surface area contributed by atoms with Crippen LogP contribution in [0.1, 0.15) is 24.0 Å². The van der Waals surface area contributed by atoms with Crippen LogP contribution in [0.15, 0.2) is 77.3 Å². The highest BCUT2D eigenvalue weighted by Gasteiger charge is 2.43. The van der Waals surface area contributed by atoms with Gasteiger partial charge in [-0.15, -0.1) is 0 Å². The molecule has 1 heterocycles. The molecule has 0 radical (unpaired) electrons. The third kappa shape index (κ3) is 4.87. The fourth-order valence-corrected chi connectivity index (χ4v) is 4.01. The number of ether oxygens (including phenoxy) is 3. The predicted molar refractivity (Wildman–Crippen MR) is 126 cm³/mol. The smallest absolute Gasteiger partial charge is 0.355 e. The van der Waals surface area contributed by atoms with Gasteiger partial charge in [0.2, 0.25) is 0 Å². The second kappa shape index (κ2) is 11.0. The van der Waals surface area contributed by atoms with E-state index in [0.29, 0.717) is 16.8 Å². The van der Waals surface area contributed by atoms with Gasteiger partial charge in [-0.05, 0) is 24.1 Å². The van der Waals surface area contributed by atoms with Gasteiger partial charge in [0, 0.05) is 0 Å². The lowest BCUT2D eigenvalue weighted by Gasteiger charge is -2.36. The summed E-state index contributed by atoms with van der Waals surface area (Å²) in [6.07, 6.45) is -0.125. The first-order valence-corrected chi connectivity index (χ1v) is 10.8. The van der Waals surface area contributed by atoms with Crippen molar-refractivity contribution in [3.05, 3.63) is 88.4 Å². The van der Waals surface area contributed by atoms with Crippen LogP contribution in [0.4, 0.5) is 5.69 Å². The minimum atomic E-state index is -0.976. The van der Waals surface area contributed by atoms with Crippen molar-refractivity contribution in [1.82, 2.24) is 0 Å². The normalized spacial score (nSPS) is 15.4. The molecule has 35 heavy (non-hydrogen) atoms. The predicted octanol–water partition coefficient (Wildman–Crippen LogP) is 2.69. The Labute approximate surface area is 203 Å². The molecule has 0 bridgehead atoms. The van der Waals surface area contributed by atoms with Crippen LogP contribution in [0, 0.1) is 11.3 Å². The lowest BCUT2D eigenvalue weighted by Crippen LogP contribution is -2.41. The maximum atomic E-state index is 13.2. The van der Waals surface area contributed by atoms with Crippen molar-refractivity contribution in [3.63, 3.8) is 0 Å². The number of esters is 3. The van der Waals surface area contributed by atoms with Gasteiger partial charge in [0.1, 0.15) is 11.5 Å². The zero-order valence-electron chi connectivity index (χ0n) is 19.6. The van der Waals surface area contributed by atoms with Crippen molar-refractivity contribution >= 4 is 23.6 Å². The van der Waals surface area contributed by atoms with E-state index in [9.17, 15) is 19.6 Å². The van der Waals surface area contributed by atoms with Crippen LogP contribution < -0.4 is 10.6 Å². The molecule has 9 heteroatoms. The summed E-state index contributed by atoms with van der Waals surface area (Å²) in [6.45, 7) is 1.89. The Morgan fingerprint density at radius 1 is 1.00 bits per heavy atom. The average molecular weight is 476 g/mol. The summed E-state index contributed by atoms with van der Waals surface area (Å²) in [4.78, 5) is 39.8. The number of anilines is 1. The van der Waals surface area contributed by atoms with E-state index in [1.165, 1.54) is 19.1 Å². The molecule has 0 aliphatic carbocycles. The molecule has 0 aromatic heterocycles. The highest BCUT2D eigenvalue weighted by atomic mass is 16.5. The van der Waals surface area contributed by atoms with E-state index in [0.717, 1.165) is 0 Å². The quantitative estimate of drug-likeness (QED) is 0.474.